The van der Waals surface area contributed by atoms with Gasteiger partial charge in [0.05, 0.1) is 5.02 Å². The van der Waals surface area contributed by atoms with Gasteiger partial charge in [0.1, 0.15) is 4.90 Å². The van der Waals surface area contributed by atoms with Crippen molar-refractivity contribution < 1.29 is 8.42 Å². The lowest BCUT2D eigenvalue weighted by atomic mass is 10.2. The lowest BCUT2D eigenvalue weighted by Gasteiger charge is -2.13. The zero-order valence-corrected chi connectivity index (χ0v) is 14.3. The van der Waals surface area contributed by atoms with Gasteiger partial charge in [-0.05, 0) is 43.9 Å². The van der Waals surface area contributed by atoms with E-state index in [4.69, 9.17) is 23.2 Å². The molecule has 2 N–H and O–H groups in total. The summed E-state index contributed by atoms with van der Waals surface area (Å²) >= 11 is 12.4. The molecule has 1 saturated carbocycles. The highest BCUT2D eigenvalue weighted by Crippen LogP contribution is 2.32. The van der Waals surface area contributed by atoms with Gasteiger partial charge in [0.15, 0.2) is 0 Å². The Kier molecular flexibility index (Phi) is 5.91. The van der Waals surface area contributed by atoms with Crippen LogP contribution in [0.5, 0.6) is 0 Å². The summed E-state index contributed by atoms with van der Waals surface area (Å²) in [6.07, 6.45) is 3.16. The monoisotopic (exact) mass is 350 g/mol. The van der Waals surface area contributed by atoms with Crippen LogP contribution in [0.2, 0.25) is 10.0 Å². The van der Waals surface area contributed by atoms with Crippen LogP contribution in [0.4, 0.5) is 0 Å². The van der Waals surface area contributed by atoms with E-state index in [1.165, 1.54) is 6.07 Å². The molecule has 0 aliphatic heterocycles. The molecule has 7 heteroatoms. The molecule has 1 aliphatic carbocycles. The van der Waals surface area contributed by atoms with Crippen molar-refractivity contribution in [3.8, 4) is 0 Å². The summed E-state index contributed by atoms with van der Waals surface area (Å²) in [6, 6.07) is 3.05. The Balaban J connectivity index is 2.20. The summed E-state index contributed by atoms with van der Waals surface area (Å²) in [6.45, 7) is 3.81. The molecular formula is C14H20Cl2N2O2S. The second-order valence-electron chi connectivity index (χ2n) is 5.31. The summed E-state index contributed by atoms with van der Waals surface area (Å²) in [7, 11) is -3.58. The maximum atomic E-state index is 12.3. The molecule has 4 nitrogen and oxygen atoms in total. The Labute approximate surface area is 136 Å². The molecule has 1 aliphatic rings. The van der Waals surface area contributed by atoms with Gasteiger partial charge in [-0.15, -0.1) is 0 Å². The smallest absolute Gasteiger partial charge is 0.242 e. The molecule has 2 rings (SSSR count). The number of rotatable bonds is 8. The predicted octanol–water partition coefficient (Wildman–Crippen LogP) is 3.18. The van der Waals surface area contributed by atoms with Gasteiger partial charge in [0.25, 0.3) is 0 Å². The topological polar surface area (TPSA) is 58.2 Å². The van der Waals surface area contributed by atoms with E-state index in [0.29, 0.717) is 29.6 Å². The molecule has 0 amide bonds. The van der Waals surface area contributed by atoms with Crippen molar-refractivity contribution in [2.24, 2.45) is 5.92 Å². The minimum atomic E-state index is -3.58. The van der Waals surface area contributed by atoms with Crippen molar-refractivity contribution in [1.29, 1.82) is 0 Å². The van der Waals surface area contributed by atoms with Crippen LogP contribution < -0.4 is 10.0 Å². The quantitative estimate of drug-likeness (QED) is 0.708. The first-order chi connectivity index (χ1) is 9.95. The first kappa shape index (κ1) is 17.0. The maximum Gasteiger partial charge on any atom is 0.242 e. The van der Waals surface area contributed by atoms with Crippen LogP contribution in [-0.4, -0.2) is 21.5 Å². The Hall–Kier alpha value is -0.330. The van der Waals surface area contributed by atoms with Gasteiger partial charge in [0.2, 0.25) is 10.0 Å². The van der Waals surface area contributed by atoms with Crippen LogP contribution in [0.15, 0.2) is 17.0 Å². The van der Waals surface area contributed by atoms with Crippen molar-refractivity contribution in [3.05, 3.63) is 27.7 Å². The molecule has 0 radical (unpaired) electrons. The molecule has 0 saturated heterocycles. The normalized spacial score (nSPS) is 15.4. The van der Waals surface area contributed by atoms with Crippen molar-refractivity contribution >= 4 is 33.2 Å². The van der Waals surface area contributed by atoms with Gasteiger partial charge in [0, 0.05) is 23.7 Å². The van der Waals surface area contributed by atoms with E-state index >= 15 is 0 Å². The highest BCUT2D eigenvalue weighted by atomic mass is 35.5. The van der Waals surface area contributed by atoms with E-state index in [1.807, 2.05) is 0 Å². The lowest BCUT2D eigenvalue weighted by molar-refractivity contribution is 0.577. The summed E-state index contributed by atoms with van der Waals surface area (Å²) in [5.74, 6) is 0.469. The first-order valence-electron chi connectivity index (χ1n) is 7.13. The fourth-order valence-electron chi connectivity index (χ4n) is 1.96. The molecule has 1 aromatic carbocycles. The molecule has 0 heterocycles. The van der Waals surface area contributed by atoms with E-state index in [9.17, 15) is 8.42 Å². The second-order valence-corrected chi connectivity index (χ2v) is 7.83. The van der Waals surface area contributed by atoms with Gasteiger partial charge in [-0.1, -0.05) is 30.1 Å². The third-order valence-corrected chi connectivity index (χ3v) is 5.79. The number of hydrogen-bond acceptors (Lipinski definition) is 3. The fourth-order valence-corrected chi connectivity index (χ4v) is 3.99. The Bertz CT molecular complexity index is 601. The molecule has 0 aromatic heterocycles. The summed E-state index contributed by atoms with van der Waals surface area (Å²) in [5, 5.41) is 3.87. The fraction of sp³-hybridized carbons (Fsp3) is 0.571. The SMILES string of the molecule is CCCNCc1c(Cl)ccc(S(=O)(=O)NCC2CC2)c1Cl. The number of nitrogens with one attached hydrogen (secondary N) is 2. The number of halogens is 2. The summed E-state index contributed by atoms with van der Waals surface area (Å²) < 4.78 is 27.3. The maximum absolute atomic E-state index is 12.3. The van der Waals surface area contributed by atoms with Crippen molar-refractivity contribution in [2.45, 2.75) is 37.6 Å². The molecule has 21 heavy (non-hydrogen) atoms. The average Bonchev–Trinajstić information content (AvgIpc) is 3.24. The van der Waals surface area contributed by atoms with E-state index in [1.54, 1.807) is 6.07 Å². The Morgan fingerprint density at radius 1 is 1.29 bits per heavy atom. The van der Waals surface area contributed by atoms with E-state index in [2.05, 4.69) is 17.0 Å². The highest BCUT2D eigenvalue weighted by molar-refractivity contribution is 7.89. The van der Waals surface area contributed by atoms with Crippen LogP contribution >= 0.6 is 23.2 Å². The molecule has 118 valence electrons. The van der Waals surface area contributed by atoms with Crippen molar-refractivity contribution in [2.75, 3.05) is 13.1 Å². The zero-order valence-electron chi connectivity index (χ0n) is 12.0. The van der Waals surface area contributed by atoms with E-state index in [-0.39, 0.29) is 9.92 Å². The number of benzene rings is 1. The molecule has 0 bridgehead atoms. The second kappa shape index (κ2) is 7.29. The molecule has 0 spiro atoms. The third kappa shape index (κ3) is 4.57. The highest BCUT2D eigenvalue weighted by Gasteiger charge is 2.26. The summed E-state index contributed by atoms with van der Waals surface area (Å²) in [5.41, 5.74) is 0.626. The van der Waals surface area contributed by atoms with E-state index in [0.717, 1.165) is 25.8 Å². The minimum absolute atomic E-state index is 0.0996. The predicted molar refractivity (Wildman–Crippen MR) is 86.4 cm³/mol. The van der Waals surface area contributed by atoms with Gasteiger partial charge < -0.3 is 5.32 Å². The average molecular weight is 351 g/mol. The van der Waals surface area contributed by atoms with Gasteiger partial charge in [-0.25, -0.2) is 13.1 Å². The zero-order chi connectivity index (χ0) is 15.5. The van der Waals surface area contributed by atoms with Crippen LogP contribution in [0.3, 0.4) is 0 Å². The molecular weight excluding hydrogens is 331 g/mol. The van der Waals surface area contributed by atoms with Crippen LogP contribution in [0.1, 0.15) is 31.7 Å². The number of sulfonamides is 1. The molecule has 1 fully saturated rings. The van der Waals surface area contributed by atoms with Crippen molar-refractivity contribution in [3.63, 3.8) is 0 Å². The number of hydrogen-bond donors (Lipinski definition) is 2. The minimum Gasteiger partial charge on any atom is -0.313 e. The van der Waals surface area contributed by atoms with Gasteiger partial charge >= 0.3 is 0 Å². The molecule has 0 unspecified atom stereocenters. The standard InChI is InChI=1S/C14H20Cl2N2O2S/c1-2-7-17-9-11-12(15)5-6-13(14(11)16)21(19,20)18-8-10-3-4-10/h5-6,10,17-18H,2-4,7-9H2,1H3. The van der Waals surface area contributed by atoms with Crippen molar-refractivity contribution in [1.82, 2.24) is 10.0 Å². The van der Waals surface area contributed by atoms with Gasteiger partial charge in [-0.2, -0.15) is 0 Å². The molecule has 0 atom stereocenters. The lowest BCUT2D eigenvalue weighted by Crippen LogP contribution is -2.26. The van der Waals surface area contributed by atoms with Gasteiger partial charge in [-0.3, -0.25) is 0 Å². The van der Waals surface area contributed by atoms with Crippen LogP contribution in [0.25, 0.3) is 0 Å². The van der Waals surface area contributed by atoms with Crippen LogP contribution in [0, 0.1) is 5.92 Å². The summed E-state index contributed by atoms with van der Waals surface area (Å²) in [4.78, 5) is 0.0996. The largest absolute Gasteiger partial charge is 0.313 e. The third-order valence-electron chi connectivity index (χ3n) is 3.43. The van der Waals surface area contributed by atoms with E-state index < -0.39 is 10.0 Å². The molecule has 1 aromatic rings. The Morgan fingerprint density at radius 2 is 2.00 bits per heavy atom. The Morgan fingerprint density at radius 3 is 2.62 bits per heavy atom. The van der Waals surface area contributed by atoms with Crippen LogP contribution in [-0.2, 0) is 16.6 Å². The first-order valence-corrected chi connectivity index (χ1v) is 9.37.